The van der Waals surface area contributed by atoms with Crippen molar-refractivity contribution in [2.75, 3.05) is 26.2 Å². The standard InChI is InChI=1S/C25H32FN3O3S/c1-25(2,3)27-24(31)28(14-17-7-8-17)15-23(30)29-11-9-22-20(10-12-33-22)21(29)16-32-19-6-4-5-18(26)13-19/h4-6,10,12-13,17,21H,7-9,11,14-16H2,1-3H3,(H,27,31)/t21-/m1/s1. The zero-order chi connectivity index (χ0) is 23.6. The second-order valence-corrected chi connectivity index (χ2v) is 10.9. The molecule has 178 valence electrons. The third-order valence-corrected chi connectivity index (χ3v) is 6.89. The maximum Gasteiger partial charge on any atom is 0.318 e. The predicted molar refractivity (Wildman–Crippen MR) is 127 cm³/mol. The number of urea groups is 1. The zero-order valence-corrected chi connectivity index (χ0v) is 20.3. The van der Waals surface area contributed by atoms with Crippen molar-refractivity contribution in [1.29, 1.82) is 0 Å². The summed E-state index contributed by atoms with van der Waals surface area (Å²) in [5.41, 5.74) is 0.698. The summed E-state index contributed by atoms with van der Waals surface area (Å²) in [5, 5.41) is 5.02. The highest BCUT2D eigenvalue weighted by Gasteiger charge is 2.35. The van der Waals surface area contributed by atoms with Crippen LogP contribution in [-0.4, -0.2) is 53.5 Å². The third-order valence-electron chi connectivity index (χ3n) is 5.89. The second-order valence-electron chi connectivity index (χ2n) is 9.92. The Morgan fingerprint density at radius 1 is 1.27 bits per heavy atom. The topological polar surface area (TPSA) is 61.9 Å². The highest BCUT2D eigenvalue weighted by molar-refractivity contribution is 7.10. The van der Waals surface area contributed by atoms with E-state index >= 15 is 0 Å². The first-order valence-corrected chi connectivity index (χ1v) is 12.4. The molecule has 0 radical (unpaired) electrons. The van der Waals surface area contributed by atoms with Crippen LogP contribution in [0.5, 0.6) is 5.75 Å². The monoisotopic (exact) mass is 473 g/mol. The van der Waals surface area contributed by atoms with E-state index in [9.17, 15) is 14.0 Å². The molecule has 0 bridgehead atoms. The van der Waals surface area contributed by atoms with Crippen molar-refractivity contribution in [3.05, 3.63) is 52.0 Å². The first-order chi connectivity index (χ1) is 15.7. The van der Waals surface area contributed by atoms with Crippen LogP contribution >= 0.6 is 11.3 Å². The summed E-state index contributed by atoms with van der Waals surface area (Å²) in [6, 6.07) is 7.59. The number of hydrogen-bond acceptors (Lipinski definition) is 4. The SMILES string of the molecule is CC(C)(C)NC(=O)N(CC(=O)N1CCc2sccc2[C@H]1COc1cccc(F)c1)CC1CC1. The highest BCUT2D eigenvalue weighted by Crippen LogP contribution is 2.34. The number of rotatable bonds is 7. The molecule has 1 atom stereocenters. The molecular weight excluding hydrogens is 441 g/mol. The van der Waals surface area contributed by atoms with E-state index < -0.39 is 0 Å². The van der Waals surface area contributed by atoms with Crippen molar-refractivity contribution in [3.63, 3.8) is 0 Å². The largest absolute Gasteiger partial charge is 0.491 e. The summed E-state index contributed by atoms with van der Waals surface area (Å²) in [6.45, 7) is 7.24. The molecule has 0 spiro atoms. The van der Waals surface area contributed by atoms with E-state index in [4.69, 9.17) is 4.74 Å². The number of ether oxygens (including phenoxy) is 1. The van der Waals surface area contributed by atoms with Gasteiger partial charge in [0, 0.05) is 29.6 Å². The van der Waals surface area contributed by atoms with Crippen molar-refractivity contribution >= 4 is 23.3 Å². The van der Waals surface area contributed by atoms with E-state index in [0.717, 1.165) is 24.8 Å². The lowest BCUT2D eigenvalue weighted by Gasteiger charge is -2.37. The number of amides is 3. The third kappa shape index (κ3) is 6.25. The Kier molecular flexibility index (Phi) is 6.93. The predicted octanol–water partition coefficient (Wildman–Crippen LogP) is 4.61. The van der Waals surface area contributed by atoms with Gasteiger partial charge < -0.3 is 19.9 Å². The zero-order valence-electron chi connectivity index (χ0n) is 19.5. The van der Waals surface area contributed by atoms with Crippen molar-refractivity contribution in [2.24, 2.45) is 5.92 Å². The Morgan fingerprint density at radius 2 is 2.06 bits per heavy atom. The summed E-state index contributed by atoms with van der Waals surface area (Å²) in [6.07, 6.45) is 2.98. The molecule has 1 aromatic heterocycles. The quantitative estimate of drug-likeness (QED) is 0.639. The fourth-order valence-electron chi connectivity index (χ4n) is 4.09. The maximum atomic E-state index is 13.6. The van der Waals surface area contributed by atoms with Gasteiger partial charge in [-0.3, -0.25) is 4.79 Å². The van der Waals surface area contributed by atoms with Gasteiger partial charge in [0.1, 0.15) is 24.7 Å². The molecule has 1 N–H and O–H groups in total. The van der Waals surface area contributed by atoms with Gasteiger partial charge in [-0.1, -0.05) is 6.07 Å². The molecule has 6 nitrogen and oxygen atoms in total. The first kappa shape index (κ1) is 23.5. The number of carbonyl (C=O) groups is 2. The summed E-state index contributed by atoms with van der Waals surface area (Å²) in [5.74, 6) is 0.454. The summed E-state index contributed by atoms with van der Waals surface area (Å²) in [4.78, 5) is 31.1. The van der Waals surface area contributed by atoms with Gasteiger partial charge in [0.2, 0.25) is 5.91 Å². The molecule has 3 amide bonds. The van der Waals surface area contributed by atoms with Crippen LogP contribution in [0, 0.1) is 11.7 Å². The normalized spacial score (nSPS) is 17.9. The van der Waals surface area contributed by atoms with Gasteiger partial charge >= 0.3 is 6.03 Å². The molecule has 2 aromatic rings. The van der Waals surface area contributed by atoms with Crippen molar-refractivity contribution in [2.45, 2.75) is 51.6 Å². The van der Waals surface area contributed by atoms with E-state index in [1.54, 1.807) is 28.4 Å². The van der Waals surface area contributed by atoms with Crippen LogP contribution < -0.4 is 10.1 Å². The van der Waals surface area contributed by atoms with Crippen molar-refractivity contribution in [3.8, 4) is 5.75 Å². The summed E-state index contributed by atoms with van der Waals surface area (Å²) >= 11 is 1.68. The molecule has 2 heterocycles. The van der Waals surface area contributed by atoms with Crippen molar-refractivity contribution in [1.82, 2.24) is 15.1 Å². The van der Waals surface area contributed by atoms with Gasteiger partial charge in [0.15, 0.2) is 0 Å². The van der Waals surface area contributed by atoms with E-state index in [1.165, 1.54) is 17.0 Å². The first-order valence-electron chi connectivity index (χ1n) is 11.5. The average Bonchev–Trinajstić information content (AvgIpc) is 3.43. The van der Waals surface area contributed by atoms with Gasteiger partial charge in [-0.2, -0.15) is 0 Å². The van der Waals surface area contributed by atoms with Gasteiger partial charge in [0.05, 0.1) is 6.04 Å². The van der Waals surface area contributed by atoms with Crippen LogP contribution in [0.1, 0.15) is 50.1 Å². The average molecular weight is 474 g/mol. The van der Waals surface area contributed by atoms with Crippen LogP contribution in [0.25, 0.3) is 0 Å². The molecule has 1 aromatic carbocycles. The molecule has 0 saturated heterocycles. The van der Waals surface area contributed by atoms with Gasteiger partial charge in [0.25, 0.3) is 0 Å². The second kappa shape index (κ2) is 9.71. The molecule has 4 rings (SSSR count). The highest BCUT2D eigenvalue weighted by atomic mass is 32.1. The van der Waals surface area contributed by atoms with Gasteiger partial charge in [-0.25, -0.2) is 9.18 Å². The number of carbonyl (C=O) groups excluding carboxylic acids is 2. The molecule has 33 heavy (non-hydrogen) atoms. The number of hydrogen-bond donors (Lipinski definition) is 1. The van der Waals surface area contributed by atoms with Gasteiger partial charge in [-0.15, -0.1) is 11.3 Å². The van der Waals surface area contributed by atoms with E-state index in [2.05, 4.69) is 5.32 Å². The smallest absolute Gasteiger partial charge is 0.318 e. The minimum Gasteiger partial charge on any atom is -0.491 e. The maximum absolute atomic E-state index is 13.6. The summed E-state index contributed by atoms with van der Waals surface area (Å²) in [7, 11) is 0. The molecule has 2 aliphatic rings. The van der Waals surface area contributed by atoms with Crippen LogP contribution in [0.2, 0.25) is 0 Å². The van der Waals surface area contributed by atoms with Gasteiger partial charge in [-0.05, 0) is 75.1 Å². The lowest BCUT2D eigenvalue weighted by molar-refractivity contribution is -0.135. The molecular formula is C25H32FN3O3S. The lowest BCUT2D eigenvalue weighted by atomic mass is 10.0. The Hall–Kier alpha value is -2.61. The minimum atomic E-state index is -0.375. The Bertz CT molecular complexity index is 999. The van der Waals surface area contributed by atoms with Crippen LogP contribution in [0.15, 0.2) is 35.7 Å². The number of thiophene rings is 1. The molecule has 1 saturated carbocycles. The minimum absolute atomic E-state index is 0.0361. The Balaban J connectivity index is 1.49. The lowest BCUT2D eigenvalue weighted by Crippen LogP contribution is -2.53. The molecule has 0 unspecified atom stereocenters. The fourth-order valence-corrected chi connectivity index (χ4v) is 5.02. The molecule has 1 aliphatic carbocycles. The van der Waals surface area contributed by atoms with Crippen LogP contribution in [0.4, 0.5) is 9.18 Å². The van der Waals surface area contributed by atoms with Crippen LogP contribution in [-0.2, 0) is 11.2 Å². The van der Waals surface area contributed by atoms with E-state index in [0.29, 0.717) is 24.8 Å². The number of nitrogens with zero attached hydrogens (tertiary/aromatic N) is 2. The van der Waals surface area contributed by atoms with E-state index in [-0.39, 0.29) is 42.5 Å². The number of fused-ring (bicyclic) bond motifs is 1. The number of halogens is 1. The van der Waals surface area contributed by atoms with Crippen LogP contribution in [0.3, 0.4) is 0 Å². The summed E-state index contributed by atoms with van der Waals surface area (Å²) < 4.78 is 19.5. The molecule has 1 aliphatic heterocycles. The Morgan fingerprint density at radius 3 is 2.76 bits per heavy atom. The van der Waals surface area contributed by atoms with E-state index in [1.807, 2.05) is 37.1 Å². The number of nitrogens with one attached hydrogen (secondary N) is 1. The number of benzene rings is 1. The molecule has 1 fully saturated rings. The molecule has 8 heteroatoms. The fraction of sp³-hybridized carbons (Fsp3) is 0.520. The van der Waals surface area contributed by atoms with Crippen molar-refractivity contribution < 1.29 is 18.7 Å². The Labute approximate surface area is 198 Å².